The number of nitrogens with zero attached hydrogens (tertiary/aromatic N) is 3. The van der Waals surface area contributed by atoms with Crippen molar-refractivity contribution in [3.63, 3.8) is 0 Å². The molecular formula is C19H20FN5. The first-order valence-electron chi connectivity index (χ1n) is 8.27. The van der Waals surface area contributed by atoms with Crippen molar-refractivity contribution in [2.75, 3.05) is 17.2 Å². The SMILES string of the molecule is CCc1ccc(Nc2cnnc(NCCc3ccc(F)cc3)n2)cc1. The van der Waals surface area contributed by atoms with Crippen LogP contribution in [0.1, 0.15) is 18.1 Å². The topological polar surface area (TPSA) is 62.7 Å². The summed E-state index contributed by atoms with van der Waals surface area (Å²) in [6, 6.07) is 14.7. The third-order valence-corrected chi connectivity index (χ3v) is 3.80. The van der Waals surface area contributed by atoms with Crippen LogP contribution >= 0.6 is 0 Å². The first kappa shape index (κ1) is 16.8. The fourth-order valence-electron chi connectivity index (χ4n) is 2.38. The summed E-state index contributed by atoms with van der Waals surface area (Å²) in [4.78, 5) is 4.40. The third-order valence-electron chi connectivity index (χ3n) is 3.80. The van der Waals surface area contributed by atoms with Gasteiger partial charge in [0.05, 0.1) is 6.20 Å². The van der Waals surface area contributed by atoms with Gasteiger partial charge in [0.2, 0.25) is 5.95 Å². The summed E-state index contributed by atoms with van der Waals surface area (Å²) >= 11 is 0. The van der Waals surface area contributed by atoms with E-state index >= 15 is 0 Å². The van der Waals surface area contributed by atoms with Gasteiger partial charge in [-0.05, 0) is 48.2 Å². The molecule has 0 atom stereocenters. The molecule has 0 unspecified atom stereocenters. The second-order valence-corrected chi connectivity index (χ2v) is 5.64. The Balaban J connectivity index is 1.56. The predicted molar refractivity (Wildman–Crippen MR) is 97.5 cm³/mol. The van der Waals surface area contributed by atoms with Crippen LogP contribution < -0.4 is 10.6 Å². The van der Waals surface area contributed by atoms with Gasteiger partial charge < -0.3 is 10.6 Å². The number of aromatic nitrogens is 3. The molecule has 0 bridgehead atoms. The molecule has 0 radical (unpaired) electrons. The molecule has 6 heteroatoms. The van der Waals surface area contributed by atoms with E-state index < -0.39 is 0 Å². The Morgan fingerprint density at radius 2 is 1.68 bits per heavy atom. The second-order valence-electron chi connectivity index (χ2n) is 5.64. The Bertz CT molecular complexity index is 803. The minimum Gasteiger partial charge on any atom is -0.353 e. The van der Waals surface area contributed by atoms with Crippen LogP contribution in [0, 0.1) is 5.82 Å². The molecule has 5 nitrogen and oxygen atoms in total. The van der Waals surface area contributed by atoms with E-state index in [0.717, 1.165) is 24.1 Å². The number of nitrogens with one attached hydrogen (secondary N) is 2. The van der Waals surface area contributed by atoms with Gasteiger partial charge in [-0.15, -0.1) is 5.10 Å². The largest absolute Gasteiger partial charge is 0.353 e. The Labute approximate surface area is 146 Å². The highest BCUT2D eigenvalue weighted by atomic mass is 19.1. The van der Waals surface area contributed by atoms with Gasteiger partial charge in [-0.1, -0.05) is 31.2 Å². The molecule has 0 fully saturated rings. The van der Waals surface area contributed by atoms with Gasteiger partial charge in [-0.2, -0.15) is 10.1 Å². The molecule has 0 saturated carbocycles. The minimum absolute atomic E-state index is 0.227. The highest BCUT2D eigenvalue weighted by Crippen LogP contribution is 2.15. The lowest BCUT2D eigenvalue weighted by atomic mass is 10.1. The Hall–Kier alpha value is -3.02. The van der Waals surface area contributed by atoms with Gasteiger partial charge in [0, 0.05) is 12.2 Å². The van der Waals surface area contributed by atoms with Crippen LogP contribution in [0.5, 0.6) is 0 Å². The maximum atomic E-state index is 12.9. The number of aryl methyl sites for hydroxylation is 1. The van der Waals surface area contributed by atoms with Crippen molar-refractivity contribution in [3.8, 4) is 0 Å². The summed E-state index contributed by atoms with van der Waals surface area (Å²) in [5, 5.41) is 14.3. The van der Waals surface area contributed by atoms with Gasteiger partial charge >= 0.3 is 0 Å². The summed E-state index contributed by atoms with van der Waals surface area (Å²) in [6.07, 6.45) is 3.34. The Morgan fingerprint density at radius 3 is 2.40 bits per heavy atom. The summed E-state index contributed by atoms with van der Waals surface area (Å²) in [6.45, 7) is 2.77. The molecule has 2 aromatic carbocycles. The molecule has 0 aliphatic carbocycles. The van der Waals surface area contributed by atoms with Gasteiger partial charge in [0.1, 0.15) is 5.82 Å². The predicted octanol–water partition coefficient (Wildman–Crippen LogP) is 3.97. The molecule has 25 heavy (non-hydrogen) atoms. The number of halogens is 1. The van der Waals surface area contributed by atoms with Crippen LogP contribution in [0.2, 0.25) is 0 Å². The number of rotatable bonds is 7. The number of hydrogen-bond acceptors (Lipinski definition) is 5. The second kappa shape index (κ2) is 8.19. The summed E-state index contributed by atoms with van der Waals surface area (Å²) in [7, 11) is 0. The Kier molecular flexibility index (Phi) is 5.51. The number of hydrogen-bond donors (Lipinski definition) is 2. The molecule has 128 valence electrons. The van der Waals surface area contributed by atoms with Crippen molar-refractivity contribution >= 4 is 17.5 Å². The molecule has 1 aromatic heterocycles. The van der Waals surface area contributed by atoms with Crippen molar-refractivity contribution in [2.24, 2.45) is 0 Å². The van der Waals surface area contributed by atoms with Crippen LogP contribution in [-0.2, 0) is 12.8 Å². The van der Waals surface area contributed by atoms with Gasteiger partial charge in [0.25, 0.3) is 0 Å². The van der Waals surface area contributed by atoms with E-state index in [-0.39, 0.29) is 5.82 Å². The third kappa shape index (κ3) is 4.97. The highest BCUT2D eigenvalue weighted by molar-refractivity contribution is 5.56. The van der Waals surface area contributed by atoms with Crippen LogP contribution in [0.25, 0.3) is 0 Å². The molecule has 0 aliphatic heterocycles. The van der Waals surface area contributed by atoms with Crippen LogP contribution in [0.15, 0.2) is 54.7 Å². The fourth-order valence-corrected chi connectivity index (χ4v) is 2.38. The minimum atomic E-state index is -0.227. The fraction of sp³-hybridized carbons (Fsp3) is 0.211. The van der Waals surface area contributed by atoms with Crippen LogP contribution in [0.4, 0.5) is 21.8 Å². The lowest BCUT2D eigenvalue weighted by molar-refractivity contribution is 0.627. The van der Waals surface area contributed by atoms with E-state index in [0.29, 0.717) is 18.3 Å². The maximum absolute atomic E-state index is 12.9. The van der Waals surface area contributed by atoms with Crippen molar-refractivity contribution in [1.82, 2.24) is 15.2 Å². The van der Waals surface area contributed by atoms with Crippen LogP contribution in [0.3, 0.4) is 0 Å². The quantitative estimate of drug-likeness (QED) is 0.683. The standard InChI is InChI=1S/C19H20FN5/c1-2-14-5-9-17(10-6-14)23-18-13-22-25-19(24-18)21-12-11-15-3-7-16(20)8-4-15/h3-10,13H,2,11-12H2,1H3,(H2,21,23,24,25). The molecule has 0 amide bonds. The normalized spacial score (nSPS) is 10.5. The zero-order chi connectivity index (χ0) is 17.5. The average molecular weight is 337 g/mol. The summed E-state index contributed by atoms with van der Waals surface area (Å²) < 4.78 is 12.9. The lowest BCUT2D eigenvalue weighted by Crippen LogP contribution is -2.09. The van der Waals surface area contributed by atoms with Crippen molar-refractivity contribution in [1.29, 1.82) is 0 Å². The van der Waals surface area contributed by atoms with E-state index in [4.69, 9.17) is 0 Å². The lowest BCUT2D eigenvalue weighted by Gasteiger charge is -2.08. The van der Waals surface area contributed by atoms with E-state index in [9.17, 15) is 4.39 Å². The van der Waals surface area contributed by atoms with E-state index in [2.05, 4.69) is 44.9 Å². The van der Waals surface area contributed by atoms with Crippen molar-refractivity contribution in [3.05, 3.63) is 71.7 Å². The monoisotopic (exact) mass is 337 g/mol. The average Bonchev–Trinajstić information content (AvgIpc) is 2.64. The zero-order valence-electron chi connectivity index (χ0n) is 14.0. The maximum Gasteiger partial charge on any atom is 0.244 e. The molecule has 1 heterocycles. The number of anilines is 3. The molecule has 0 aliphatic rings. The molecule has 2 N–H and O–H groups in total. The smallest absolute Gasteiger partial charge is 0.244 e. The molecule has 3 rings (SSSR count). The number of benzene rings is 2. The highest BCUT2D eigenvalue weighted by Gasteiger charge is 2.02. The summed E-state index contributed by atoms with van der Waals surface area (Å²) in [5.74, 6) is 0.857. The van der Waals surface area contributed by atoms with Gasteiger partial charge in [0.15, 0.2) is 5.82 Å². The summed E-state index contributed by atoms with van der Waals surface area (Å²) in [5.41, 5.74) is 3.29. The van der Waals surface area contributed by atoms with Crippen LogP contribution in [-0.4, -0.2) is 21.7 Å². The van der Waals surface area contributed by atoms with Crippen molar-refractivity contribution in [2.45, 2.75) is 19.8 Å². The molecule has 0 saturated heterocycles. The first-order chi connectivity index (χ1) is 12.2. The first-order valence-corrected chi connectivity index (χ1v) is 8.27. The van der Waals surface area contributed by atoms with Gasteiger partial charge in [-0.3, -0.25) is 0 Å². The van der Waals surface area contributed by atoms with E-state index in [1.54, 1.807) is 18.3 Å². The van der Waals surface area contributed by atoms with E-state index in [1.165, 1.54) is 17.7 Å². The van der Waals surface area contributed by atoms with E-state index in [1.807, 2.05) is 12.1 Å². The zero-order valence-corrected chi connectivity index (χ0v) is 14.0. The molecule has 3 aromatic rings. The molecule has 0 spiro atoms. The Morgan fingerprint density at radius 1 is 0.960 bits per heavy atom. The molecular weight excluding hydrogens is 317 g/mol. The van der Waals surface area contributed by atoms with Gasteiger partial charge in [-0.25, -0.2) is 4.39 Å². The van der Waals surface area contributed by atoms with Crippen molar-refractivity contribution < 1.29 is 4.39 Å².